The Morgan fingerprint density at radius 1 is 1.00 bits per heavy atom. The number of hydrogen-bond donors (Lipinski definition) is 3. The summed E-state index contributed by atoms with van der Waals surface area (Å²) in [7, 11) is 0. The van der Waals surface area contributed by atoms with Crippen LogP contribution in [0.5, 0.6) is 0 Å². The Morgan fingerprint density at radius 2 is 1.81 bits per heavy atom. The van der Waals surface area contributed by atoms with E-state index in [2.05, 4.69) is 25.5 Å². The quantitative estimate of drug-likeness (QED) is 0.275. The molecule has 0 saturated carbocycles. The molecular weight excluding hydrogens is 469 g/mol. The molecule has 0 atom stereocenters. The number of nitrogens with zero attached hydrogens (tertiary/aromatic N) is 4. The fourth-order valence-electron chi connectivity index (χ4n) is 4.53. The molecule has 0 aliphatic carbocycles. The molecule has 182 valence electrons. The number of carbonyl (C=O) groups excluding carboxylic acids is 1. The number of H-pyrrole nitrogens is 1. The number of aromatic nitrogens is 5. The third-order valence-electron chi connectivity index (χ3n) is 6.39. The van der Waals surface area contributed by atoms with Crippen LogP contribution in [0.3, 0.4) is 0 Å². The first-order chi connectivity index (χ1) is 18.0. The Morgan fingerprint density at radius 3 is 2.65 bits per heavy atom. The van der Waals surface area contributed by atoms with Crippen LogP contribution in [-0.2, 0) is 4.79 Å². The van der Waals surface area contributed by atoms with Gasteiger partial charge in [0.25, 0.3) is 0 Å². The second-order valence-corrected chi connectivity index (χ2v) is 8.68. The summed E-state index contributed by atoms with van der Waals surface area (Å²) in [5.41, 5.74) is 6.13. The monoisotopic (exact) mass is 491 g/mol. The maximum absolute atomic E-state index is 14.6. The number of fused-ring (bicyclic) bond motifs is 2. The Kier molecular flexibility index (Phi) is 5.37. The average molecular weight is 492 g/mol. The largest absolute Gasteiger partial charge is 0.339 e. The molecule has 9 heteroatoms. The molecule has 0 radical (unpaired) electrons. The zero-order valence-corrected chi connectivity index (χ0v) is 19.9. The normalized spacial score (nSPS) is 11.3. The fourth-order valence-corrected chi connectivity index (χ4v) is 4.53. The zero-order valence-electron chi connectivity index (χ0n) is 19.9. The van der Waals surface area contributed by atoms with Crippen LogP contribution in [0.15, 0.2) is 79.3 Å². The molecule has 4 heterocycles. The number of rotatable bonds is 5. The number of nitrogen functional groups attached to an aromatic ring is 1. The fraction of sp³-hybridized carbons (Fsp3) is 0.0714. The van der Waals surface area contributed by atoms with Crippen LogP contribution in [0, 0.1) is 5.82 Å². The van der Waals surface area contributed by atoms with Crippen LogP contribution >= 0.6 is 0 Å². The summed E-state index contributed by atoms with van der Waals surface area (Å²) in [6.45, 7) is 1.79. The number of benzene rings is 2. The van der Waals surface area contributed by atoms with Gasteiger partial charge in [0.15, 0.2) is 5.65 Å². The predicted octanol–water partition coefficient (Wildman–Crippen LogP) is 5.51. The van der Waals surface area contributed by atoms with E-state index in [1.165, 1.54) is 6.07 Å². The minimum absolute atomic E-state index is 0.0878. The Labute approximate surface area is 211 Å². The molecule has 2 aromatic carbocycles. The van der Waals surface area contributed by atoms with Gasteiger partial charge < -0.3 is 11.2 Å². The maximum atomic E-state index is 14.6. The summed E-state index contributed by atoms with van der Waals surface area (Å²) in [5.74, 6) is 6.15. The lowest BCUT2D eigenvalue weighted by Gasteiger charge is -2.07. The highest BCUT2D eigenvalue weighted by atomic mass is 19.1. The number of anilines is 1. The van der Waals surface area contributed by atoms with Crippen molar-refractivity contribution in [1.29, 1.82) is 0 Å². The van der Waals surface area contributed by atoms with Crippen molar-refractivity contribution in [1.82, 2.24) is 24.8 Å². The lowest BCUT2D eigenvalue weighted by atomic mass is 10.0. The number of carbonyl (C=O) groups is 1. The van der Waals surface area contributed by atoms with Crippen molar-refractivity contribution in [2.75, 3.05) is 11.2 Å². The van der Waals surface area contributed by atoms with Crippen molar-refractivity contribution >= 4 is 33.5 Å². The molecule has 8 nitrogen and oxygen atoms in total. The van der Waals surface area contributed by atoms with Gasteiger partial charge in [-0.1, -0.05) is 37.3 Å². The summed E-state index contributed by atoms with van der Waals surface area (Å²) in [4.78, 5) is 20.6. The van der Waals surface area contributed by atoms with Crippen molar-refractivity contribution < 1.29 is 9.18 Å². The second-order valence-electron chi connectivity index (χ2n) is 8.68. The summed E-state index contributed by atoms with van der Waals surface area (Å²) in [6.07, 6.45) is 5.41. The van der Waals surface area contributed by atoms with Gasteiger partial charge in [0.1, 0.15) is 5.82 Å². The first-order valence-electron chi connectivity index (χ1n) is 11.8. The van der Waals surface area contributed by atoms with Gasteiger partial charge in [0, 0.05) is 46.3 Å². The van der Waals surface area contributed by atoms with Gasteiger partial charge in [-0.15, -0.1) is 0 Å². The Hall–Kier alpha value is -5.05. The maximum Gasteiger partial charge on any atom is 0.224 e. The molecular formula is C28H22FN7O. The third-order valence-corrected chi connectivity index (χ3v) is 6.39. The molecule has 0 fully saturated rings. The highest BCUT2D eigenvalue weighted by molar-refractivity contribution is 6.02. The van der Waals surface area contributed by atoms with E-state index in [-0.39, 0.29) is 11.7 Å². The van der Waals surface area contributed by atoms with Gasteiger partial charge >= 0.3 is 0 Å². The molecule has 4 aromatic heterocycles. The third kappa shape index (κ3) is 3.86. The molecule has 6 rings (SSSR count). The van der Waals surface area contributed by atoms with Crippen LogP contribution < -0.4 is 11.2 Å². The Balaban J connectivity index is 1.47. The van der Waals surface area contributed by atoms with Crippen molar-refractivity contribution in [2.45, 2.75) is 13.3 Å². The standard InChI is InChI=1S/C28H22FN7O/c1-2-26(37)33-18-10-16(13-31-15-18)17-11-22-27(34-35-28(22)32-14-17)25-12-21-19(7-5-9-24(21)36(25)30)20-6-3-4-8-23(20)29/h3-15H,2,30H2,1H3,(H,33,37)(H,32,34,35). The first-order valence-corrected chi connectivity index (χ1v) is 11.8. The average Bonchev–Trinajstić information content (AvgIpc) is 3.49. The number of aromatic amines is 1. The van der Waals surface area contributed by atoms with Crippen LogP contribution in [0.25, 0.3) is 55.6 Å². The summed E-state index contributed by atoms with van der Waals surface area (Å²) in [6, 6.07) is 18.1. The van der Waals surface area contributed by atoms with Crippen LogP contribution in [0.4, 0.5) is 10.1 Å². The van der Waals surface area contributed by atoms with E-state index in [9.17, 15) is 9.18 Å². The lowest BCUT2D eigenvalue weighted by Crippen LogP contribution is -2.09. The predicted molar refractivity (Wildman–Crippen MR) is 143 cm³/mol. The van der Waals surface area contributed by atoms with Gasteiger partial charge in [-0.25, -0.2) is 9.37 Å². The number of amides is 1. The van der Waals surface area contributed by atoms with Gasteiger partial charge in [-0.05, 0) is 35.9 Å². The molecule has 0 bridgehead atoms. The number of halogens is 1. The highest BCUT2D eigenvalue weighted by Crippen LogP contribution is 2.36. The molecule has 0 aliphatic rings. The molecule has 37 heavy (non-hydrogen) atoms. The number of nitrogens with one attached hydrogen (secondary N) is 2. The highest BCUT2D eigenvalue weighted by Gasteiger charge is 2.18. The number of hydrogen-bond acceptors (Lipinski definition) is 5. The van der Waals surface area contributed by atoms with Crippen LogP contribution in [-0.4, -0.2) is 30.7 Å². The van der Waals surface area contributed by atoms with Crippen molar-refractivity contribution in [3.63, 3.8) is 0 Å². The zero-order chi connectivity index (χ0) is 25.5. The molecule has 0 unspecified atom stereocenters. The topological polar surface area (TPSA) is 115 Å². The molecule has 0 saturated heterocycles. The molecule has 0 spiro atoms. The minimum Gasteiger partial charge on any atom is -0.339 e. The number of nitrogens with two attached hydrogens (primary N) is 1. The van der Waals surface area contributed by atoms with Gasteiger partial charge in [0.05, 0.1) is 28.8 Å². The molecule has 1 amide bonds. The van der Waals surface area contributed by atoms with E-state index < -0.39 is 0 Å². The van der Waals surface area contributed by atoms with Gasteiger partial charge in [-0.3, -0.25) is 19.6 Å². The van der Waals surface area contributed by atoms with Crippen LogP contribution in [0.1, 0.15) is 13.3 Å². The molecule has 0 aliphatic heterocycles. The van der Waals surface area contributed by atoms with Crippen LogP contribution in [0.2, 0.25) is 0 Å². The smallest absolute Gasteiger partial charge is 0.224 e. The van der Waals surface area contributed by atoms with E-state index in [1.807, 2.05) is 42.5 Å². The lowest BCUT2D eigenvalue weighted by molar-refractivity contribution is -0.115. The van der Waals surface area contributed by atoms with E-state index in [1.54, 1.807) is 42.3 Å². The van der Waals surface area contributed by atoms with E-state index >= 15 is 0 Å². The minimum atomic E-state index is -0.298. The van der Waals surface area contributed by atoms with Crippen molar-refractivity contribution in [2.24, 2.45) is 0 Å². The van der Waals surface area contributed by atoms with Crippen molar-refractivity contribution in [3.05, 3.63) is 85.1 Å². The van der Waals surface area contributed by atoms with E-state index in [0.717, 1.165) is 33.0 Å². The van der Waals surface area contributed by atoms with E-state index in [4.69, 9.17) is 5.84 Å². The van der Waals surface area contributed by atoms with Gasteiger partial charge in [-0.2, -0.15) is 5.10 Å². The molecule has 6 aromatic rings. The summed E-state index contributed by atoms with van der Waals surface area (Å²) in [5, 5.41) is 11.8. The van der Waals surface area contributed by atoms with Gasteiger partial charge in [0.2, 0.25) is 5.91 Å². The van der Waals surface area contributed by atoms with Crippen molar-refractivity contribution in [3.8, 4) is 33.6 Å². The summed E-state index contributed by atoms with van der Waals surface area (Å²) >= 11 is 0. The Bertz CT molecular complexity index is 1800. The number of pyridine rings is 2. The van der Waals surface area contributed by atoms with E-state index in [0.29, 0.717) is 34.7 Å². The molecule has 4 N–H and O–H groups in total. The summed E-state index contributed by atoms with van der Waals surface area (Å²) < 4.78 is 16.2. The first kappa shape index (κ1) is 22.4. The second kappa shape index (κ2) is 8.87. The SMILES string of the molecule is CCC(=O)Nc1cncc(-c2cnc3n[nH]c(-c4cc5c(-c6ccccc6F)cccc5n4N)c3c2)c1.